The number of rotatable bonds is 6. The van der Waals surface area contributed by atoms with Gasteiger partial charge in [-0.25, -0.2) is 0 Å². The molecule has 0 radical (unpaired) electrons. The minimum absolute atomic E-state index is 0.741. The number of likely N-dealkylation sites (tertiary alicyclic amines) is 2. The molecular weight excluding hydrogens is 244 g/mol. The van der Waals surface area contributed by atoms with Gasteiger partial charge in [-0.2, -0.15) is 0 Å². The molecule has 0 atom stereocenters. The molecule has 0 aliphatic carbocycles. The first-order valence-electron chi connectivity index (χ1n) is 9.15. The highest BCUT2D eigenvalue weighted by atomic mass is 15.2. The number of hydrogen-bond donors (Lipinski definition) is 0. The van der Waals surface area contributed by atoms with Crippen LogP contribution in [-0.2, 0) is 0 Å². The van der Waals surface area contributed by atoms with E-state index in [1.807, 2.05) is 0 Å². The van der Waals surface area contributed by atoms with E-state index < -0.39 is 0 Å². The lowest BCUT2D eigenvalue weighted by Crippen LogP contribution is -2.43. The Morgan fingerprint density at radius 3 is 2.05 bits per heavy atom. The second kappa shape index (κ2) is 8.38. The second-order valence-electron chi connectivity index (χ2n) is 7.46. The van der Waals surface area contributed by atoms with Gasteiger partial charge >= 0.3 is 0 Å². The van der Waals surface area contributed by atoms with E-state index in [9.17, 15) is 0 Å². The fourth-order valence-electron chi connectivity index (χ4n) is 3.97. The molecule has 20 heavy (non-hydrogen) atoms. The summed E-state index contributed by atoms with van der Waals surface area (Å²) in [5.41, 5.74) is 0. The zero-order valence-electron chi connectivity index (χ0n) is 14.1. The van der Waals surface area contributed by atoms with E-state index in [0.29, 0.717) is 0 Å². The van der Waals surface area contributed by atoms with E-state index in [4.69, 9.17) is 0 Å². The van der Waals surface area contributed by atoms with E-state index in [1.54, 1.807) is 0 Å². The predicted octanol–water partition coefficient (Wildman–Crippen LogP) is 4.01. The largest absolute Gasteiger partial charge is 0.303 e. The maximum absolute atomic E-state index is 2.76. The summed E-state index contributed by atoms with van der Waals surface area (Å²) >= 11 is 0. The molecule has 2 saturated heterocycles. The molecule has 2 aliphatic rings. The second-order valence-corrected chi connectivity index (χ2v) is 7.46. The molecule has 0 saturated carbocycles. The van der Waals surface area contributed by atoms with Gasteiger partial charge in [0.15, 0.2) is 0 Å². The fourth-order valence-corrected chi connectivity index (χ4v) is 3.97. The minimum Gasteiger partial charge on any atom is -0.303 e. The van der Waals surface area contributed by atoms with Crippen LogP contribution in [0.25, 0.3) is 0 Å². The maximum atomic E-state index is 2.76. The van der Waals surface area contributed by atoms with Crippen LogP contribution >= 0.6 is 0 Å². The van der Waals surface area contributed by atoms with Gasteiger partial charge in [0.1, 0.15) is 0 Å². The number of unbranched alkanes of at least 4 members (excludes halogenated alkanes) is 1. The average Bonchev–Trinajstić information content (AvgIpc) is 2.47. The van der Waals surface area contributed by atoms with Crippen molar-refractivity contribution in [2.45, 2.75) is 71.8 Å². The Labute approximate surface area is 126 Å². The van der Waals surface area contributed by atoms with Gasteiger partial charge < -0.3 is 9.80 Å². The first kappa shape index (κ1) is 16.3. The minimum atomic E-state index is 0.741. The predicted molar refractivity (Wildman–Crippen MR) is 88.1 cm³/mol. The molecule has 0 aromatic rings. The van der Waals surface area contributed by atoms with E-state index in [0.717, 1.165) is 17.9 Å². The molecule has 118 valence electrons. The van der Waals surface area contributed by atoms with E-state index in [-0.39, 0.29) is 0 Å². The fraction of sp³-hybridized carbons (Fsp3) is 1.00. The van der Waals surface area contributed by atoms with Crippen LogP contribution < -0.4 is 0 Å². The van der Waals surface area contributed by atoms with E-state index in [1.165, 1.54) is 77.7 Å². The lowest BCUT2D eigenvalue weighted by atomic mass is 9.90. The van der Waals surface area contributed by atoms with Gasteiger partial charge in [-0.15, -0.1) is 0 Å². The highest BCUT2D eigenvalue weighted by molar-refractivity contribution is 4.79. The van der Waals surface area contributed by atoms with Gasteiger partial charge in [0, 0.05) is 12.6 Å². The van der Waals surface area contributed by atoms with Gasteiger partial charge in [0.05, 0.1) is 0 Å². The van der Waals surface area contributed by atoms with Crippen LogP contribution in [0.3, 0.4) is 0 Å². The lowest BCUT2D eigenvalue weighted by Gasteiger charge is -2.38. The Kier molecular flexibility index (Phi) is 6.83. The van der Waals surface area contributed by atoms with Gasteiger partial charge in [-0.1, -0.05) is 26.2 Å². The zero-order chi connectivity index (χ0) is 14.4. The molecule has 0 unspecified atom stereocenters. The van der Waals surface area contributed by atoms with Crippen molar-refractivity contribution in [2.75, 3.05) is 32.7 Å². The van der Waals surface area contributed by atoms with Crippen LogP contribution in [0, 0.1) is 11.8 Å². The van der Waals surface area contributed by atoms with Crippen molar-refractivity contribution in [3.8, 4) is 0 Å². The molecule has 0 aromatic carbocycles. The first-order valence-corrected chi connectivity index (χ1v) is 9.15. The third kappa shape index (κ3) is 5.04. The van der Waals surface area contributed by atoms with Crippen LogP contribution in [-0.4, -0.2) is 48.6 Å². The molecule has 2 aliphatic heterocycles. The Balaban J connectivity index is 1.61. The first-order chi connectivity index (χ1) is 9.69. The van der Waals surface area contributed by atoms with Crippen LogP contribution in [0.15, 0.2) is 0 Å². The van der Waals surface area contributed by atoms with Crippen molar-refractivity contribution in [3.63, 3.8) is 0 Å². The van der Waals surface area contributed by atoms with Crippen LogP contribution in [0.5, 0.6) is 0 Å². The van der Waals surface area contributed by atoms with E-state index in [2.05, 4.69) is 30.6 Å². The number of nitrogens with zero attached hydrogens (tertiary/aromatic N) is 2. The van der Waals surface area contributed by atoms with Gasteiger partial charge in [0.25, 0.3) is 0 Å². The zero-order valence-corrected chi connectivity index (χ0v) is 14.1. The summed E-state index contributed by atoms with van der Waals surface area (Å²) in [6.45, 7) is 13.8. The number of hydrogen-bond acceptors (Lipinski definition) is 2. The monoisotopic (exact) mass is 280 g/mol. The van der Waals surface area contributed by atoms with E-state index >= 15 is 0 Å². The molecule has 2 fully saturated rings. The molecule has 0 spiro atoms. The summed E-state index contributed by atoms with van der Waals surface area (Å²) in [7, 11) is 0. The molecule has 0 amide bonds. The maximum Gasteiger partial charge on any atom is 0.00385 e. The summed E-state index contributed by atoms with van der Waals surface area (Å²) in [4.78, 5) is 5.41. The Morgan fingerprint density at radius 2 is 1.50 bits per heavy atom. The summed E-state index contributed by atoms with van der Waals surface area (Å²) < 4.78 is 0. The van der Waals surface area contributed by atoms with Gasteiger partial charge in [0.2, 0.25) is 0 Å². The normalized spacial score (nSPS) is 24.6. The Bertz CT molecular complexity index is 248. The molecule has 2 heteroatoms. The quantitative estimate of drug-likeness (QED) is 0.725. The molecular formula is C18H36N2. The average molecular weight is 281 g/mol. The highest BCUT2D eigenvalue weighted by Gasteiger charge is 2.25. The highest BCUT2D eigenvalue weighted by Crippen LogP contribution is 2.25. The van der Waals surface area contributed by atoms with Crippen molar-refractivity contribution in [2.24, 2.45) is 11.8 Å². The van der Waals surface area contributed by atoms with Gasteiger partial charge in [-0.05, 0) is 77.5 Å². The number of piperidine rings is 2. The standard InChI is InChI=1S/C18H36N2/c1-4-5-6-17-7-11-19(12-8-17)15-18-9-13-20(14-10-18)16(2)3/h16-18H,4-15H2,1-3H3. The van der Waals surface area contributed by atoms with Crippen LogP contribution in [0.1, 0.15) is 65.7 Å². The topological polar surface area (TPSA) is 6.48 Å². The Hall–Kier alpha value is -0.0800. The van der Waals surface area contributed by atoms with Crippen molar-refractivity contribution >= 4 is 0 Å². The summed E-state index contributed by atoms with van der Waals surface area (Å²) in [6.07, 6.45) is 10.1. The summed E-state index contributed by atoms with van der Waals surface area (Å²) in [6, 6.07) is 0.741. The third-order valence-corrected chi connectivity index (χ3v) is 5.57. The van der Waals surface area contributed by atoms with Crippen LogP contribution in [0.4, 0.5) is 0 Å². The summed E-state index contributed by atoms with van der Waals surface area (Å²) in [5, 5.41) is 0. The van der Waals surface area contributed by atoms with Crippen molar-refractivity contribution in [1.82, 2.24) is 9.80 Å². The SMILES string of the molecule is CCCCC1CCN(CC2CCN(C(C)C)CC2)CC1. The molecule has 0 aromatic heterocycles. The van der Waals surface area contributed by atoms with Crippen LogP contribution in [0.2, 0.25) is 0 Å². The molecule has 2 heterocycles. The van der Waals surface area contributed by atoms with Gasteiger partial charge in [-0.3, -0.25) is 0 Å². The smallest absolute Gasteiger partial charge is 0.00385 e. The molecule has 0 bridgehead atoms. The third-order valence-electron chi connectivity index (χ3n) is 5.57. The molecule has 0 N–H and O–H groups in total. The molecule has 2 nitrogen and oxygen atoms in total. The van der Waals surface area contributed by atoms with Crippen molar-refractivity contribution in [1.29, 1.82) is 0 Å². The van der Waals surface area contributed by atoms with Crippen molar-refractivity contribution in [3.05, 3.63) is 0 Å². The molecule has 2 rings (SSSR count). The van der Waals surface area contributed by atoms with Crippen molar-refractivity contribution < 1.29 is 0 Å². The summed E-state index contributed by atoms with van der Waals surface area (Å²) in [5.74, 6) is 2.01. The Morgan fingerprint density at radius 1 is 0.900 bits per heavy atom. The lowest BCUT2D eigenvalue weighted by molar-refractivity contribution is 0.103.